The van der Waals surface area contributed by atoms with Crippen LogP contribution in [0.1, 0.15) is 36.8 Å². The van der Waals surface area contributed by atoms with Gasteiger partial charge in [0.1, 0.15) is 0 Å². The van der Waals surface area contributed by atoms with Crippen molar-refractivity contribution in [3.63, 3.8) is 0 Å². The van der Waals surface area contributed by atoms with Crippen LogP contribution in [-0.2, 0) is 4.79 Å². The third kappa shape index (κ3) is 3.98. The van der Waals surface area contributed by atoms with Gasteiger partial charge in [0, 0.05) is 31.7 Å². The molecule has 0 atom stereocenters. The molecule has 1 saturated heterocycles. The Bertz CT molecular complexity index is 436. The monoisotopic (exact) mass is 260 g/mol. The van der Waals surface area contributed by atoms with E-state index in [2.05, 4.69) is 37.4 Å². The zero-order valence-electron chi connectivity index (χ0n) is 12.0. The van der Waals surface area contributed by atoms with E-state index in [4.69, 9.17) is 0 Å². The Morgan fingerprint density at radius 3 is 2.63 bits per heavy atom. The Balaban J connectivity index is 1.78. The molecule has 1 aliphatic rings. The summed E-state index contributed by atoms with van der Waals surface area (Å²) in [6.07, 6.45) is 4.18. The van der Waals surface area contributed by atoms with E-state index < -0.39 is 0 Å². The van der Waals surface area contributed by atoms with Crippen molar-refractivity contribution in [1.29, 1.82) is 0 Å². The van der Waals surface area contributed by atoms with E-state index in [-0.39, 0.29) is 5.91 Å². The summed E-state index contributed by atoms with van der Waals surface area (Å²) in [5.41, 5.74) is 3.65. The second-order valence-corrected chi connectivity index (χ2v) is 5.44. The molecule has 0 bridgehead atoms. The minimum atomic E-state index is 0.289. The van der Waals surface area contributed by atoms with Crippen LogP contribution in [0.5, 0.6) is 0 Å². The highest BCUT2D eigenvalue weighted by Crippen LogP contribution is 2.16. The molecular weight excluding hydrogens is 236 g/mol. The predicted octanol–water partition coefficient (Wildman–Crippen LogP) is 3.12. The van der Waals surface area contributed by atoms with Gasteiger partial charge < -0.3 is 10.2 Å². The molecule has 0 aliphatic carbocycles. The van der Waals surface area contributed by atoms with E-state index in [0.717, 1.165) is 38.2 Å². The number of carbonyl (C=O) groups excluding carboxylic acids is 1. The van der Waals surface area contributed by atoms with Crippen molar-refractivity contribution in [3.8, 4) is 0 Å². The van der Waals surface area contributed by atoms with Crippen LogP contribution in [0.25, 0.3) is 0 Å². The van der Waals surface area contributed by atoms with Crippen molar-refractivity contribution in [2.24, 2.45) is 0 Å². The molecule has 1 aromatic carbocycles. The fraction of sp³-hybridized carbons (Fsp3) is 0.562. The minimum Gasteiger partial charge on any atom is -0.384 e. The summed E-state index contributed by atoms with van der Waals surface area (Å²) >= 11 is 0. The van der Waals surface area contributed by atoms with E-state index in [1.807, 2.05) is 4.90 Å². The molecular formula is C16H24N2O. The molecule has 2 rings (SSSR count). The molecule has 19 heavy (non-hydrogen) atoms. The van der Waals surface area contributed by atoms with Crippen molar-refractivity contribution in [1.82, 2.24) is 4.90 Å². The molecule has 1 N–H and O–H groups in total. The molecule has 3 nitrogen and oxygen atoms in total. The topological polar surface area (TPSA) is 32.3 Å². The number of nitrogens with zero attached hydrogens (tertiary/aromatic N) is 1. The van der Waals surface area contributed by atoms with Crippen molar-refractivity contribution >= 4 is 11.6 Å². The highest BCUT2D eigenvalue weighted by atomic mass is 16.2. The molecule has 0 radical (unpaired) electrons. The minimum absolute atomic E-state index is 0.289. The van der Waals surface area contributed by atoms with E-state index >= 15 is 0 Å². The van der Waals surface area contributed by atoms with Gasteiger partial charge in [0.2, 0.25) is 5.91 Å². The second-order valence-electron chi connectivity index (χ2n) is 5.44. The summed E-state index contributed by atoms with van der Waals surface area (Å²) < 4.78 is 0. The first-order valence-corrected chi connectivity index (χ1v) is 7.26. The number of nitrogens with one attached hydrogen (secondary N) is 1. The van der Waals surface area contributed by atoms with Gasteiger partial charge in [0.05, 0.1) is 0 Å². The quantitative estimate of drug-likeness (QED) is 0.902. The lowest BCUT2D eigenvalue weighted by atomic mass is 10.1. The highest BCUT2D eigenvalue weighted by Gasteiger charge is 2.15. The number of piperidine rings is 1. The van der Waals surface area contributed by atoms with Crippen LogP contribution < -0.4 is 5.32 Å². The number of anilines is 1. The Morgan fingerprint density at radius 1 is 1.21 bits per heavy atom. The maximum absolute atomic E-state index is 12.0. The molecule has 1 amide bonds. The lowest BCUT2D eigenvalue weighted by molar-refractivity contribution is -0.131. The first-order valence-electron chi connectivity index (χ1n) is 7.26. The largest absolute Gasteiger partial charge is 0.384 e. The Kier molecular flexibility index (Phi) is 4.83. The number of hydrogen-bond donors (Lipinski definition) is 1. The molecule has 3 heteroatoms. The number of amides is 1. The fourth-order valence-corrected chi connectivity index (χ4v) is 2.62. The Labute approximate surface area is 116 Å². The maximum atomic E-state index is 12.0. The molecule has 0 aromatic heterocycles. The van der Waals surface area contributed by atoms with E-state index in [1.165, 1.54) is 17.5 Å². The molecule has 1 heterocycles. The highest BCUT2D eigenvalue weighted by molar-refractivity contribution is 5.76. The fourth-order valence-electron chi connectivity index (χ4n) is 2.62. The summed E-state index contributed by atoms with van der Waals surface area (Å²) in [7, 11) is 0. The number of rotatable bonds is 4. The third-order valence-corrected chi connectivity index (χ3v) is 3.74. The summed E-state index contributed by atoms with van der Waals surface area (Å²) in [5.74, 6) is 0.289. The van der Waals surface area contributed by atoms with Crippen molar-refractivity contribution in [2.45, 2.75) is 39.5 Å². The van der Waals surface area contributed by atoms with E-state index in [0.29, 0.717) is 6.42 Å². The zero-order valence-corrected chi connectivity index (χ0v) is 12.0. The van der Waals surface area contributed by atoms with Gasteiger partial charge in [-0.2, -0.15) is 0 Å². The standard InChI is InChI=1S/C16H24N2O/c1-13-6-7-15(14(2)12-13)17-9-8-16(19)18-10-4-3-5-11-18/h6-7,12,17H,3-5,8-11H2,1-2H3. The predicted molar refractivity (Wildman–Crippen MR) is 79.5 cm³/mol. The first kappa shape index (κ1) is 13.9. The molecule has 1 fully saturated rings. The van der Waals surface area contributed by atoms with Crippen molar-refractivity contribution < 1.29 is 4.79 Å². The smallest absolute Gasteiger partial charge is 0.224 e. The van der Waals surface area contributed by atoms with Crippen LogP contribution in [0.15, 0.2) is 18.2 Å². The van der Waals surface area contributed by atoms with Gasteiger partial charge in [-0.3, -0.25) is 4.79 Å². The van der Waals surface area contributed by atoms with E-state index in [9.17, 15) is 4.79 Å². The molecule has 0 unspecified atom stereocenters. The van der Waals surface area contributed by atoms with Crippen LogP contribution in [0.2, 0.25) is 0 Å². The van der Waals surface area contributed by atoms with Crippen molar-refractivity contribution in [3.05, 3.63) is 29.3 Å². The lowest BCUT2D eigenvalue weighted by Gasteiger charge is -2.26. The van der Waals surface area contributed by atoms with Gasteiger partial charge in [-0.05, 0) is 44.7 Å². The van der Waals surface area contributed by atoms with Gasteiger partial charge in [0.25, 0.3) is 0 Å². The lowest BCUT2D eigenvalue weighted by Crippen LogP contribution is -2.36. The Morgan fingerprint density at radius 2 is 1.95 bits per heavy atom. The van der Waals surface area contributed by atoms with Crippen LogP contribution in [0.4, 0.5) is 5.69 Å². The first-order chi connectivity index (χ1) is 9.16. The second kappa shape index (κ2) is 6.60. The van der Waals surface area contributed by atoms with Gasteiger partial charge in [-0.15, -0.1) is 0 Å². The number of benzene rings is 1. The molecule has 104 valence electrons. The molecule has 0 saturated carbocycles. The molecule has 0 spiro atoms. The average Bonchev–Trinajstić information content (AvgIpc) is 2.42. The number of carbonyl (C=O) groups is 1. The summed E-state index contributed by atoms with van der Waals surface area (Å²) in [4.78, 5) is 14.0. The number of aryl methyl sites for hydroxylation is 2. The van der Waals surface area contributed by atoms with Gasteiger partial charge in [-0.1, -0.05) is 17.7 Å². The maximum Gasteiger partial charge on any atom is 0.224 e. The van der Waals surface area contributed by atoms with Gasteiger partial charge >= 0.3 is 0 Å². The summed E-state index contributed by atoms with van der Waals surface area (Å²) in [6.45, 7) is 6.81. The van der Waals surface area contributed by atoms with Gasteiger partial charge in [0.15, 0.2) is 0 Å². The van der Waals surface area contributed by atoms with Crippen LogP contribution in [0, 0.1) is 13.8 Å². The Hall–Kier alpha value is -1.51. The van der Waals surface area contributed by atoms with Crippen LogP contribution in [-0.4, -0.2) is 30.4 Å². The molecule has 1 aliphatic heterocycles. The van der Waals surface area contributed by atoms with Gasteiger partial charge in [-0.25, -0.2) is 0 Å². The summed E-state index contributed by atoms with van der Waals surface area (Å²) in [6, 6.07) is 6.35. The SMILES string of the molecule is Cc1ccc(NCCC(=O)N2CCCCC2)c(C)c1. The summed E-state index contributed by atoms with van der Waals surface area (Å²) in [5, 5.41) is 3.36. The number of likely N-dealkylation sites (tertiary alicyclic amines) is 1. The normalized spacial score (nSPS) is 15.4. The average molecular weight is 260 g/mol. The van der Waals surface area contributed by atoms with Crippen LogP contribution in [0.3, 0.4) is 0 Å². The van der Waals surface area contributed by atoms with Crippen LogP contribution >= 0.6 is 0 Å². The van der Waals surface area contributed by atoms with E-state index in [1.54, 1.807) is 0 Å². The molecule has 1 aromatic rings. The third-order valence-electron chi connectivity index (χ3n) is 3.74. The van der Waals surface area contributed by atoms with Crippen molar-refractivity contribution in [2.75, 3.05) is 25.0 Å². The zero-order chi connectivity index (χ0) is 13.7. The number of hydrogen-bond acceptors (Lipinski definition) is 2.